The summed E-state index contributed by atoms with van der Waals surface area (Å²) >= 11 is 0. The summed E-state index contributed by atoms with van der Waals surface area (Å²) in [7, 11) is 0. The van der Waals surface area contributed by atoms with Gasteiger partial charge in [0, 0.05) is 6.04 Å². The van der Waals surface area contributed by atoms with E-state index in [1.807, 2.05) is 0 Å². The van der Waals surface area contributed by atoms with Crippen LogP contribution in [0.25, 0.3) is 0 Å². The summed E-state index contributed by atoms with van der Waals surface area (Å²) in [5.74, 6) is 0. The largest absolute Gasteiger partial charge is 0.252 e. The lowest BCUT2D eigenvalue weighted by molar-refractivity contribution is -0.344. The quantitative estimate of drug-likeness (QED) is 0.393. The van der Waals surface area contributed by atoms with Crippen molar-refractivity contribution in [2.75, 3.05) is 0 Å². The predicted octanol–water partition coefficient (Wildman–Crippen LogP) is 2.56. The highest BCUT2D eigenvalue weighted by atomic mass is 17.1. The Hall–Kier alpha value is -0.160. The van der Waals surface area contributed by atoms with Crippen LogP contribution in [0.4, 0.5) is 0 Å². The number of hydrogen-bond donors (Lipinski definition) is 3. The van der Waals surface area contributed by atoms with Crippen LogP contribution in [-0.2, 0) is 4.89 Å². The van der Waals surface area contributed by atoms with Gasteiger partial charge in [-0.1, -0.05) is 25.7 Å². The molecular weight excluding hydrogens is 204 g/mol. The average molecular weight is 228 g/mol. The molecule has 0 spiro atoms. The zero-order valence-corrected chi connectivity index (χ0v) is 10.0. The van der Waals surface area contributed by atoms with Gasteiger partial charge in [-0.2, -0.15) is 0 Å². The average Bonchev–Trinajstić information content (AvgIpc) is 2.39. The highest BCUT2D eigenvalue weighted by Gasteiger charge is 2.34. The maximum Gasteiger partial charge on any atom is 0.166 e. The number of hydrogen-bond acceptors (Lipinski definition) is 4. The van der Waals surface area contributed by atoms with E-state index in [9.17, 15) is 0 Å². The van der Waals surface area contributed by atoms with Crippen LogP contribution in [0.1, 0.15) is 64.2 Å². The first-order valence-electron chi connectivity index (χ1n) is 6.70. The molecule has 0 atom stereocenters. The Labute approximate surface area is 97.6 Å². The molecule has 0 aromatic carbocycles. The van der Waals surface area contributed by atoms with Gasteiger partial charge in [-0.15, -0.1) is 0 Å². The maximum atomic E-state index is 9.07. The molecule has 2 aliphatic carbocycles. The van der Waals surface area contributed by atoms with E-state index in [0.717, 1.165) is 25.7 Å². The van der Waals surface area contributed by atoms with E-state index in [1.165, 1.54) is 38.5 Å². The summed E-state index contributed by atoms with van der Waals surface area (Å²) in [5, 5.41) is 9.07. The van der Waals surface area contributed by atoms with Crippen molar-refractivity contribution in [3.05, 3.63) is 0 Å². The minimum Gasteiger partial charge on any atom is -0.252 e. The van der Waals surface area contributed by atoms with Gasteiger partial charge in [0.2, 0.25) is 0 Å². The molecule has 2 fully saturated rings. The first-order valence-corrected chi connectivity index (χ1v) is 6.70. The molecule has 2 saturated carbocycles. The van der Waals surface area contributed by atoms with E-state index >= 15 is 0 Å². The van der Waals surface area contributed by atoms with Crippen molar-refractivity contribution in [3.63, 3.8) is 0 Å². The van der Waals surface area contributed by atoms with Crippen LogP contribution in [0.5, 0.6) is 0 Å². The Balaban J connectivity index is 1.77. The molecule has 94 valence electrons. The van der Waals surface area contributed by atoms with Crippen molar-refractivity contribution in [3.8, 4) is 0 Å². The fourth-order valence-corrected chi connectivity index (χ4v) is 2.84. The van der Waals surface area contributed by atoms with Crippen LogP contribution in [0.2, 0.25) is 0 Å². The molecular formula is C12H24N2O2. The molecule has 0 radical (unpaired) electrons. The summed E-state index contributed by atoms with van der Waals surface area (Å²) in [6.45, 7) is 0. The van der Waals surface area contributed by atoms with Gasteiger partial charge in [0.15, 0.2) is 5.72 Å². The van der Waals surface area contributed by atoms with Crippen molar-refractivity contribution in [1.29, 1.82) is 0 Å². The SMILES string of the molecule is OOC1(NNC2CCCCC2)CCCCC1. The van der Waals surface area contributed by atoms with Crippen LogP contribution >= 0.6 is 0 Å². The van der Waals surface area contributed by atoms with Gasteiger partial charge in [0.05, 0.1) is 0 Å². The highest BCUT2D eigenvalue weighted by Crippen LogP contribution is 2.28. The van der Waals surface area contributed by atoms with Crippen LogP contribution in [0, 0.1) is 0 Å². The van der Waals surface area contributed by atoms with E-state index in [1.54, 1.807) is 0 Å². The molecule has 16 heavy (non-hydrogen) atoms. The molecule has 0 bridgehead atoms. The van der Waals surface area contributed by atoms with Crippen LogP contribution in [-0.4, -0.2) is 17.0 Å². The van der Waals surface area contributed by atoms with Crippen LogP contribution < -0.4 is 10.9 Å². The summed E-state index contributed by atoms with van der Waals surface area (Å²) in [6, 6.07) is 0.544. The molecule has 0 aliphatic heterocycles. The van der Waals surface area contributed by atoms with Crippen molar-refractivity contribution < 1.29 is 10.1 Å². The lowest BCUT2D eigenvalue weighted by atomic mass is 9.92. The fraction of sp³-hybridized carbons (Fsp3) is 1.00. The lowest BCUT2D eigenvalue weighted by Crippen LogP contribution is -2.57. The normalized spacial score (nSPS) is 26.8. The van der Waals surface area contributed by atoms with E-state index in [-0.39, 0.29) is 0 Å². The first kappa shape index (κ1) is 12.3. The van der Waals surface area contributed by atoms with E-state index in [2.05, 4.69) is 10.9 Å². The van der Waals surface area contributed by atoms with Gasteiger partial charge in [-0.05, 0) is 38.5 Å². The minimum absolute atomic E-state index is 0.532. The van der Waals surface area contributed by atoms with E-state index in [0.29, 0.717) is 6.04 Å². The van der Waals surface area contributed by atoms with Gasteiger partial charge in [0.25, 0.3) is 0 Å². The Morgan fingerprint density at radius 3 is 2.19 bits per heavy atom. The third-order valence-corrected chi connectivity index (χ3v) is 3.95. The highest BCUT2D eigenvalue weighted by molar-refractivity contribution is 4.81. The van der Waals surface area contributed by atoms with Crippen molar-refractivity contribution in [2.45, 2.75) is 76.0 Å². The molecule has 0 amide bonds. The molecule has 4 nitrogen and oxygen atoms in total. The van der Waals surface area contributed by atoms with Gasteiger partial charge in [-0.3, -0.25) is 5.43 Å². The molecule has 0 aromatic rings. The summed E-state index contributed by atoms with van der Waals surface area (Å²) in [4.78, 5) is 4.70. The third kappa shape index (κ3) is 3.17. The Bertz CT molecular complexity index is 199. The molecule has 0 heterocycles. The standard InChI is InChI=1S/C12H24N2O2/c15-16-12(9-5-2-6-10-12)14-13-11-7-3-1-4-8-11/h11,13-15H,1-10H2. The maximum absolute atomic E-state index is 9.07. The summed E-state index contributed by atoms with van der Waals surface area (Å²) in [5.41, 5.74) is 6.05. The lowest BCUT2D eigenvalue weighted by Gasteiger charge is -2.37. The Morgan fingerprint density at radius 1 is 0.938 bits per heavy atom. The molecule has 0 unspecified atom stereocenters. The molecule has 2 aliphatic rings. The van der Waals surface area contributed by atoms with E-state index < -0.39 is 5.72 Å². The second-order valence-electron chi connectivity index (χ2n) is 5.25. The van der Waals surface area contributed by atoms with Crippen molar-refractivity contribution in [1.82, 2.24) is 10.9 Å². The molecule has 4 heteroatoms. The second kappa shape index (κ2) is 5.96. The van der Waals surface area contributed by atoms with Gasteiger partial charge < -0.3 is 0 Å². The molecule has 2 rings (SSSR count). The van der Waals surface area contributed by atoms with E-state index in [4.69, 9.17) is 10.1 Å². The fourth-order valence-electron chi connectivity index (χ4n) is 2.84. The van der Waals surface area contributed by atoms with Gasteiger partial charge in [0.1, 0.15) is 0 Å². The summed E-state index contributed by atoms with van der Waals surface area (Å²) in [6.07, 6.45) is 11.7. The number of rotatable bonds is 4. The molecule has 3 N–H and O–H groups in total. The molecule has 0 aromatic heterocycles. The van der Waals surface area contributed by atoms with Gasteiger partial charge in [-0.25, -0.2) is 15.6 Å². The van der Waals surface area contributed by atoms with Crippen molar-refractivity contribution >= 4 is 0 Å². The zero-order chi connectivity index (χ0) is 11.3. The van der Waals surface area contributed by atoms with Crippen LogP contribution in [0.3, 0.4) is 0 Å². The smallest absolute Gasteiger partial charge is 0.166 e. The summed E-state index contributed by atoms with van der Waals surface area (Å²) < 4.78 is 0. The Kier molecular flexibility index (Phi) is 4.58. The zero-order valence-electron chi connectivity index (χ0n) is 10.0. The minimum atomic E-state index is -0.532. The van der Waals surface area contributed by atoms with Crippen LogP contribution in [0.15, 0.2) is 0 Å². The topological polar surface area (TPSA) is 53.5 Å². The van der Waals surface area contributed by atoms with Crippen molar-refractivity contribution in [2.24, 2.45) is 0 Å². The molecule has 0 saturated heterocycles. The number of hydrazine groups is 1. The first-order chi connectivity index (χ1) is 7.85. The third-order valence-electron chi connectivity index (χ3n) is 3.95. The second-order valence-corrected chi connectivity index (χ2v) is 5.25. The number of nitrogens with one attached hydrogen (secondary N) is 2. The Morgan fingerprint density at radius 2 is 1.56 bits per heavy atom. The monoisotopic (exact) mass is 228 g/mol. The van der Waals surface area contributed by atoms with Gasteiger partial charge >= 0.3 is 0 Å². The predicted molar refractivity (Wildman–Crippen MR) is 62.7 cm³/mol.